The lowest BCUT2D eigenvalue weighted by atomic mass is 10.1. The van der Waals surface area contributed by atoms with E-state index in [2.05, 4.69) is 5.32 Å². The molecule has 0 aliphatic rings. The molecule has 2 aromatic carbocycles. The van der Waals surface area contributed by atoms with Crippen molar-refractivity contribution in [3.63, 3.8) is 0 Å². The maximum absolute atomic E-state index is 13.2. The summed E-state index contributed by atoms with van der Waals surface area (Å²) in [5.41, 5.74) is 6.71. The summed E-state index contributed by atoms with van der Waals surface area (Å²) < 4.78 is 13.2. The molecule has 22 heavy (non-hydrogen) atoms. The number of hydrogen-bond acceptors (Lipinski definition) is 4. The highest BCUT2D eigenvalue weighted by Gasteiger charge is 2.16. The van der Waals surface area contributed by atoms with Gasteiger partial charge in [-0.3, -0.25) is 14.9 Å². The average Bonchev–Trinajstić information content (AvgIpc) is 2.47. The molecule has 2 rings (SSSR count). The highest BCUT2D eigenvalue weighted by atomic mass is 19.1. The van der Waals surface area contributed by atoms with Gasteiger partial charge >= 0.3 is 0 Å². The fourth-order valence-corrected chi connectivity index (χ4v) is 2.01. The fourth-order valence-electron chi connectivity index (χ4n) is 2.01. The van der Waals surface area contributed by atoms with Crippen molar-refractivity contribution in [2.45, 2.75) is 13.5 Å². The van der Waals surface area contributed by atoms with Crippen LogP contribution < -0.4 is 11.1 Å². The van der Waals surface area contributed by atoms with Gasteiger partial charge in [-0.1, -0.05) is 6.07 Å². The zero-order valence-electron chi connectivity index (χ0n) is 11.8. The summed E-state index contributed by atoms with van der Waals surface area (Å²) in [6.07, 6.45) is 0. The quantitative estimate of drug-likeness (QED) is 0.655. The molecule has 0 heterocycles. The topological polar surface area (TPSA) is 98.3 Å². The smallest absolute Gasteiger partial charge is 0.275 e. The number of nitrogens with one attached hydrogen (secondary N) is 1. The van der Waals surface area contributed by atoms with E-state index in [-0.39, 0.29) is 17.8 Å². The van der Waals surface area contributed by atoms with E-state index in [0.29, 0.717) is 11.3 Å². The largest absolute Gasteiger partial charge is 0.380 e. The zero-order valence-corrected chi connectivity index (χ0v) is 11.8. The summed E-state index contributed by atoms with van der Waals surface area (Å²) >= 11 is 0. The van der Waals surface area contributed by atoms with Crippen LogP contribution in [0.5, 0.6) is 0 Å². The number of nitro benzene ring substituents is 1. The number of primary amides is 1. The van der Waals surface area contributed by atoms with Crippen LogP contribution in [-0.4, -0.2) is 10.8 Å². The molecule has 0 radical (unpaired) electrons. The Morgan fingerprint density at radius 2 is 2.05 bits per heavy atom. The van der Waals surface area contributed by atoms with Crippen LogP contribution in [0.3, 0.4) is 0 Å². The molecule has 0 bridgehead atoms. The Morgan fingerprint density at radius 1 is 1.32 bits per heavy atom. The number of halogens is 1. The number of amides is 1. The van der Waals surface area contributed by atoms with Gasteiger partial charge < -0.3 is 11.1 Å². The minimum absolute atomic E-state index is 0.0670. The van der Waals surface area contributed by atoms with E-state index >= 15 is 0 Å². The van der Waals surface area contributed by atoms with Gasteiger partial charge in [-0.15, -0.1) is 0 Å². The van der Waals surface area contributed by atoms with E-state index < -0.39 is 16.6 Å². The number of nitrogens with zero attached hydrogens (tertiary/aromatic N) is 1. The summed E-state index contributed by atoms with van der Waals surface area (Å²) in [6.45, 7) is 1.92. The highest BCUT2D eigenvalue weighted by Crippen LogP contribution is 2.23. The maximum Gasteiger partial charge on any atom is 0.275 e. The second-order valence-electron chi connectivity index (χ2n) is 4.78. The van der Waals surface area contributed by atoms with Crippen molar-refractivity contribution in [1.82, 2.24) is 0 Å². The Balaban J connectivity index is 2.27. The first-order valence-corrected chi connectivity index (χ1v) is 6.45. The summed E-state index contributed by atoms with van der Waals surface area (Å²) in [4.78, 5) is 21.6. The van der Waals surface area contributed by atoms with Crippen LogP contribution in [0.4, 0.5) is 15.8 Å². The van der Waals surface area contributed by atoms with E-state index in [4.69, 9.17) is 5.73 Å². The van der Waals surface area contributed by atoms with Gasteiger partial charge in [-0.2, -0.15) is 0 Å². The van der Waals surface area contributed by atoms with Crippen LogP contribution in [-0.2, 0) is 6.54 Å². The predicted molar refractivity (Wildman–Crippen MR) is 80.1 cm³/mol. The molecule has 6 nitrogen and oxygen atoms in total. The Kier molecular flexibility index (Phi) is 4.36. The van der Waals surface area contributed by atoms with E-state index in [9.17, 15) is 19.3 Å². The summed E-state index contributed by atoms with van der Waals surface area (Å²) in [5.74, 6) is -1.13. The number of hydrogen-bond donors (Lipinski definition) is 2. The molecule has 0 aromatic heterocycles. The SMILES string of the molecule is Cc1ccc(F)cc1NCc1ccc(C(N)=O)cc1[N+](=O)[O-]. The van der Waals surface area contributed by atoms with Crippen molar-refractivity contribution in [2.24, 2.45) is 5.73 Å². The first-order valence-electron chi connectivity index (χ1n) is 6.45. The fraction of sp³-hybridized carbons (Fsp3) is 0.133. The normalized spacial score (nSPS) is 10.3. The Labute approximate surface area is 125 Å². The third-order valence-electron chi connectivity index (χ3n) is 3.24. The second-order valence-corrected chi connectivity index (χ2v) is 4.78. The third-order valence-corrected chi connectivity index (χ3v) is 3.24. The first kappa shape index (κ1) is 15.4. The molecule has 0 spiro atoms. The van der Waals surface area contributed by atoms with Crippen LogP contribution in [0.25, 0.3) is 0 Å². The van der Waals surface area contributed by atoms with Crippen molar-refractivity contribution in [3.05, 3.63) is 69.0 Å². The van der Waals surface area contributed by atoms with Crippen LogP contribution >= 0.6 is 0 Å². The van der Waals surface area contributed by atoms with Crippen LogP contribution in [0.1, 0.15) is 21.5 Å². The molecule has 3 N–H and O–H groups in total. The van der Waals surface area contributed by atoms with Gasteiger partial charge in [0.1, 0.15) is 5.82 Å². The lowest BCUT2D eigenvalue weighted by Gasteiger charge is -2.10. The highest BCUT2D eigenvalue weighted by molar-refractivity contribution is 5.93. The van der Waals surface area contributed by atoms with E-state index in [1.165, 1.54) is 24.3 Å². The molecule has 0 aliphatic carbocycles. The molecule has 2 aromatic rings. The molecule has 0 saturated carbocycles. The van der Waals surface area contributed by atoms with Crippen molar-refractivity contribution < 1.29 is 14.1 Å². The summed E-state index contributed by atoms with van der Waals surface area (Å²) in [7, 11) is 0. The van der Waals surface area contributed by atoms with Crippen molar-refractivity contribution in [3.8, 4) is 0 Å². The number of carbonyl (C=O) groups is 1. The van der Waals surface area contributed by atoms with Crippen LogP contribution in [0.15, 0.2) is 36.4 Å². The zero-order chi connectivity index (χ0) is 16.3. The molecule has 0 fully saturated rings. The van der Waals surface area contributed by atoms with Crippen LogP contribution in [0.2, 0.25) is 0 Å². The van der Waals surface area contributed by atoms with Gasteiger partial charge in [-0.05, 0) is 36.8 Å². The number of nitrogens with two attached hydrogens (primary N) is 1. The van der Waals surface area contributed by atoms with Crippen molar-refractivity contribution >= 4 is 17.3 Å². The van der Waals surface area contributed by atoms with Gasteiger partial charge in [0, 0.05) is 29.4 Å². The van der Waals surface area contributed by atoms with Gasteiger partial charge in [0.15, 0.2) is 0 Å². The lowest BCUT2D eigenvalue weighted by Crippen LogP contribution is -2.12. The first-order chi connectivity index (χ1) is 10.4. The molecule has 0 atom stereocenters. The Morgan fingerprint density at radius 3 is 2.68 bits per heavy atom. The van der Waals surface area contributed by atoms with E-state index in [1.807, 2.05) is 0 Å². The number of carbonyl (C=O) groups excluding carboxylic acids is 1. The lowest BCUT2D eigenvalue weighted by molar-refractivity contribution is -0.385. The maximum atomic E-state index is 13.2. The molecule has 0 unspecified atom stereocenters. The average molecular weight is 303 g/mol. The Hall–Kier alpha value is -2.96. The second kappa shape index (κ2) is 6.21. The minimum Gasteiger partial charge on any atom is -0.380 e. The number of benzene rings is 2. The molecular weight excluding hydrogens is 289 g/mol. The third kappa shape index (κ3) is 3.38. The van der Waals surface area contributed by atoms with Gasteiger partial charge in [0.25, 0.3) is 5.69 Å². The molecule has 7 heteroatoms. The van der Waals surface area contributed by atoms with Crippen molar-refractivity contribution in [1.29, 1.82) is 0 Å². The van der Waals surface area contributed by atoms with Crippen LogP contribution in [0, 0.1) is 22.9 Å². The molecular formula is C15H14FN3O3. The standard InChI is InChI=1S/C15H14FN3O3/c1-9-2-5-12(16)7-13(9)18-8-11-4-3-10(15(17)20)6-14(11)19(21)22/h2-7,18H,8H2,1H3,(H2,17,20). The minimum atomic E-state index is -0.733. The van der Waals surface area contributed by atoms with Gasteiger partial charge in [-0.25, -0.2) is 4.39 Å². The van der Waals surface area contributed by atoms with E-state index in [0.717, 1.165) is 11.6 Å². The molecule has 0 saturated heterocycles. The molecule has 114 valence electrons. The molecule has 0 aliphatic heterocycles. The predicted octanol–water partition coefficient (Wildman–Crippen LogP) is 2.75. The van der Waals surface area contributed by atoms with Crippen molar-refractivity contribution in [2.75, 3.05) is 5.32 Å². The molecule has 1 amide bonds. The summed E-state index contributed by atoms with van der Waals surface area (Å²) in [5, 5.41) is 14.0. The summed E-state index contributed by atoms with van der Waals surface area (Å²) in [6, 6.07) is 8.29. The number of rotatable bonds is 5. The number of nitro groups is 1. The number of anilines is 1. The van der Waals surface area contributed by atoms with Gasteiger partial charge in [0.2, 0.25) is 5.91 Å². The monoisotopic (exact) mass is 303 g/mol. The number of aryl methyl sites for hydroxylation is 1. The van der Waals surface area contributed by atoms with E-state index in [1.54, 1.807) is 13.0 Å². The van der Waals surface area contributed by atoms with Gasteiger partial charge in [0.05, 0.1) is 4.92 Å². The Bertz CT molecular complexity index is 747.